The number of halogens is 3. The Labute approximate surface area is 122 Å². The molecule has 0 aliphatic rings. The number of nitrogens with one attached hydrogen (secondary N) is 1. The molecule has 1 unspecified atom stereocenters. The molecule has 0 saturated heterocycles. The van der Waals surface area contributed by atoms with Gasteiger partial charge in [0.15, 0.2) is 6.10 Å². The van der Waals surface area contributed by atoms with Crippen LogP contribution in [0.2, 0.25) is 0 Å². The Hall–Kier alpha value is -2.42. The maximum Gasteiger partial charge on any atom is 0.418 e. The van der Waals surface area contributed by atoms with Crippen LogP contribution in [0.3, 0.4) is 0 Å². The normalized spacial score (nSPS) is 13.0. The van der Waals surface area contributed by atoms with Gasteiger partial charge in [0.1, 0.15) is 11.4 Å². The van der Waals surface area contributed by atoms with Crippen molar-refractivity contribution in [2.24, 2.45) is 0 Å². The first-order valence-electron chi connectivity index (χ1n) is 6.20. The number of hydrogen-bond donors (Lipinski definition) is 2. The third-order valence-corrected chi connectivity index (χ3v) is 2.87. The number of carbonyl (C=O) groups is 1. The molecule has 1 aromatic heterocycles. The fraction of sp³-hybridized carbons (Fsp3) is 0.308. The lowest BCUT2D eigenvalue weighted by Crippen LogP contribution is -2.20. The highest BCUT2D eigenvalue weighted by atomic mass is 19.4. The van der Waals surface area contributed by atoms with E-state index in [4.69, 9.17) is 0 Å². The van der Waals surface area contributed by atoms with Gasteiger partial charge in [-0.1, -0.05) is 22.4 Å². The zero-order valence-electron chi connectivity index (χ0n) is 11.4. The van der Waals surface area contributed by atoms with E-state index in [-0.39, 0.29) is 17.7 Å². The molecule has 0 spiro atoms. The van der Waals surface area contributed by atoms with E-state index in [0.717, 1.165) is 12.1 Å². The largest absolute Gasteiger partial charge is 0.418 e. The van der Waals surface area contributed by atoms with Gasteiger partial charge in [0, 0.05) is 5.69 Å². The smallest absolute Gasteiger partial charge is 0.379 e. The number of rotatable bonds is 4. The lowest BCUT2D eigenvalue weighted by molar-refractivity contribution is -0.206. The van der Waals surface area contributed by atoms with Crippen molar-refractivity contribution < 1.29 is 27.7 Å². The van der Waals surface area contributed by atoms with Crippen LogP contribution < -0.4 is 5.32 Å². The van der Waals surface area contributed by atoms with E-state index in [1.165, 1.54) is 12.1 Å². The molecule has 0 saturated carbocycles. The van der Waals surface area contributed by atoms with Gasteiger partial charge in [-0.2, -0.15) is 13.2 Å². The Morgan fingerprint density at radius 3 is 2.73 bits per heavy atom. The summed E-state index contributed by atoms with van der Waals surface area (Å²) in [6.07, 6.45) is -7.50. The molecule has 1 aromatic carbocycles. The predicted molar refractivity (Wildman–Crippen MR) is 68.8 cm³/mol. The number of anilines is 1. The summed E-state index contributed by atoms with van der Waals surface area (Å²) in [5.74, 6) is -0.488. The van der Waals surface area contributed by atoms with E-state index in [2.05, 4.69) is 20.3 Å². The third-order valence-electron chi connectivity index (χ3n) is 2.87. The van der Waals surface area contributed by atoms with Gasteiger partial charge in [0.25, 0.3) is 0 Å². The average molecular weight is 315 g/mol. The third kappa shape index (κ3) is 3.82. The Balaban J connectivity index is 2.07. The summed E-state index contributed by atoms with van der Waals surface area (Å²) >= 11 is 0. The molecule has 0 radical (unpaired) electrons. The van der Waals surface area contributed by atoms with Crippen LogP contribution in [0.5, 0.6) is 0 Å². The van der Waals surface area contributed by atoms with Crippen molar-refractivity contribution in [3.63, 3.8) is 0 Å². The SMILES string of the molecule is Cc1nonc1CC(=O)Nc1cccc(C(O)C(F)(F)F)c1. The first-order chi connectivity index (χ1) is 10.3. The van der Waals surface area contributed by atoms with Crippen LogP contribution >= 0.6 is 0 Å². The van der Waals surface area contributed by atoms with Gasteiger partial charge in [-0.15, -0.1) is 0 Å². The average Bonchev–Trinajstić information content (AvgIpc) is 2.82. The van der Waals surface area contributed by atoms with Crippen LogP contribution in [0.4, 0.5) is 18.9 Å². The number of aliphatic hydroxyl groups is 1. The molecule has 1 amide bonds. The number of carbonyl (C=O) groups excluding carboxylic acids is 1. The minimum atomic E-state index is -4.77. The van der Waals surface area contributed by atoms with Gasteiger partial charge in [-0.3, -0.25) is 4.79 Å². The van der Waals surface area contributed by atoms with Crippen molar-refractivity contribution in [2.45, 2.75) is 25.6 Å². The maximum absolute atomic E-state index is 12.5. The highest BCUT2D eigenvalue weighted by Crippen LogP contribution is 2.33. The number of aromatic nitrogens is 2. The van der Waals surface area contributed by atoms with Crippen molar-refractivity contribution in [2.75, 3.05) is 5.32 Å². The van der Waals surface area contributed by atoms with E-state index in [9.17, 15) is 23.1 Å². The zero-order chi connectivity index (χ0) is 16.3. The number of aryl methyl sites for hydroxylation is 1. The van der Waals surface area contributed by atoms with Crippen LogP contribution in [0.25, 0.3) is 0 Å². The van der Waals surface area contributed by atoms with E-state index in [1.54, 1.807) is 6.92 Å². The van der Waals surface area contributed by atoms with E-state index < -0.39 is 18.2 Å². The Morgan fingerprint density at radius 1 is 1.41 bits per heavy atom. The first-order valence-corrected chi connectivity index (χ1v) is 6.20. The van der Waals surface area contributed by atoms with Crippen LogP contribution in [0, 0.1) is 6.92 Å². The predicted octanol–water partition coefficient (Wildman–Crippen LogP) is 2.15. The minimum absolute atomic E-state index is 0.124. The number of hydrogen-bond acceptors (Lipinski definition) is 5. The van der Waals surface area contributed by atoms with Crippen molar-refractivity contribution in [1.82, 2.24) is 10.3 Å². The molecule has 118 valence electrons. The molecule has 0 bridgehead atoms. The number of nitrogens with zero attached hydrogens (tertiary/aromatic N) is 2. The Kier molecular flexibility index (Phi) is 4.45. The van der Waals surface area contributed by atoms with Crippen molar-refractivity contribution >= 4 is 11.6 Å². The zero-order valence-corrected chi connectivity index (χ0v) is 11.4. The summed E-state index contributed by atoms with van der Waals surface area (Å²) < 4.78 is 41.8. The topological polar surface area (TPSA) is 88.2 Å². The molecule has 0 aliphatic heterocycles. The summed E-state index contributed by atoms with van der Waals surface area (Å²) in [7, 11) is 0. The van der Waals surface area contributed by atoms with Crippen molar-refractivity contribution in [1.29, 1.82) is 0 Å². The lowest BCUT2D eigenvalue weighted by atomic mass is 10.1. The van der Waals surface area contributed by atoms with Gasteiger partial charge in [0.2, 0.25) is 5.91 Å². The Bertz CT molecular complexity index is 670. The Morgan fingerprint density at radius 2 is 2.14 bits per heavy atom. The summed E-state index contributed by atoms with van der Waals surface area (Å²) in [4.78, 5) is 11.8. The van der Waals surface area contributed by atoms with E-state index >= 15 is 0 Å². The van der Waals surface area contributed by atoms with Crippen LogP contribution in [0.1, 0.15) is 23.1 Å². The molecule has 1 atom stereocenters. The molecule has 1 heterocycles. The summed E-state index contributed by atoms with van der Waals surface area (Å²) in [6.45, 7) is 1.61. The number of benzene rings is 1. The lowest BCUT2D eigenvalue weighted by Gasteiger charge is -2.15. The number of amides is 1. The number of aliphatic hydroxyl groups excluding tert-OH is 1. The molecule has 6 nitrogen and oxygen atoms in total. The fourth-order valence-electron chi connectivity index (χ4n) is 1.74. The van der Waals surface area contributed by atoms with Gasteiger partial charge < -0.3 is 10.4 Å². The first kappa shape index (κ1) is 16.0. The van der Waals surface area contributed by atoms with Crippen LogP contribution in [-0.2, 0) is 11.2 Å². The van der Waals surface area contributed by atoms with E-state index in [1.807, 2.05) is 0 Å². The highest BCUT2D eigenvalue weighted by molar-refractivity contribution is 5.92. The standard InChI is InChI=1S/C13H12F3N3O3/c1-7-10(19-22-18-7)6-11(20)17-9-4-2-3-8(5-9)12(21)13(14,15)16/h2-5,12,21H,6H2,1H3,(H,17,20). The second-order valence-electron chi connectivity index (χ2n) is 4.59. The van der Waals surface area contributed by atoms with Crippen LogP contribution in [-0.4, -0.2) is 27.5 Å². The summed E-state index contributed by atoms with van der Waals surface area (Å²) in [6, 6.07) is 4.91. The molecule has 2 aromatic rings. The van der Waals surface area contributed by atoms with Crippen molar-refractivity contribution in [3.8, 4) is 0 Å². The quantitative estimate of drug-likeness (QED) is 0.902. The molecule has 9 heteroatoms. The van der Waals surface area contributed by atoms with Gasteiger partial charge in [0.05, 0.1) is 6.42 Å². The molecule has 0 aliphatic carbocycles. The monoisotopic (exact) mass is 315 g/mol. The highest BCUT2D eigenvalue weighted by Gasteiger charge is 2.39. The molecular formula is C13H12F3N3O3. The van der Waals surface area contributed by atoms with Crippen LogP contribution in [0.15, 0.2) is 28.9 Å². The maximum atomic E-state index is 12.5. The second-order valence-corrected chi connectivity index (χ2v) is 4.59. The molecule has 0 fully saturated rings. The molecule has 22 heavy (non-hydrogen) atoms. The number of alkyl halides is 3. The summed E-state index contributed by atoms with van der Waals surface area (Å²) in [5, 5.41) is 18.7. The fourth-order valence-corrected chi connectivity index (χ4v) is 1.74. The molecule has 2 rings (SSSR count). The second kappa shape index (κ2) is 6.14. The molecular weight excluding hydrogens is 303 g/mol. The van der Waals surface area contributed by atoms with Crippen molar-refractivity contribution in [3.05, 3.63) is 41.2 Å². The minimum Gasteiger partial charge on any atom is -0.379 e. The summed E-state index contributed by atoms with van der Waals surface area (Å²) in [5.41, 5.74) is 0.574. The van der Waals surface area contributed by atoms with Gasteiger partial charge in [-0.05, 0) is 24.6 Å². The van der Waals surface area contributed by atoms with Gasteiger partial charge in [-0.25, -0.2) is 4.63 Å². The van der Waals surface area contributed by atoms with Gasteiger partial charge >= 0.3 is 6.18 Å². The molecule has 2 N–H and O–H groups in total. The van der Waals surface area contributed by atoms with E-state index in [0.29, 0.717) is 11.4 Å².